The highest BCUT2D eigenvalue weighted by atomic mass is 31.0. The first kappa shape index (κ1) is 8.35. The number of rotatable bonds is 2. The monoisotopic (exact) mass is 169 g/mol. The number of hydrogen-bond acceptors (Lipinski definition) is 1. The fourth-order valence-electron chi connectivity index (χ4n) is 1.08. The highest BCUT2D eigenvalue weighted by Crippen LogP contribution is 2.27. The summed E-state index contributed by atoms with van der Waals surface area (Å²) in [4.78, 5) is 10.8. The van der Waals surface area contributed by atoms with Gasteiger partial charge in [-0.25, -0.2) is 0 Å². The van der Waals surface area contributed by atoms with Crippen LogP contribution < -0.4 is 5.73 Å². The van der Waals surface area contributed by atoms with Crippen LogP contribution in [0.3, 0.4) is 0 Å². The molecule has 1 aromatic rings. The minimum atomic E-state index is -0.267. The lowest BCUT2D eigenvalue weighted by Gasteiger charge is -2.03. The summed E-state index contributed by atoms with van der Waals surface area (Å²) < 4.78 is 0. The first-order chi connectivity index (χ1) is 5.13. The van der Waals surface area contributed by atoms with E-state index in [9.17, 15) is 4.79 Å². The molecule has 1 aromatic heterocycles. The van der Waals surface area contributed by atoms with Crippen molar-refractivity contribution >= 4 is 14.1 Å². The largest absolute Gasteiger partial charge is 0.365 e. The fraction of sp³-hybridized carbons (Fsp3) is 0.375. The average molecular weight is 169 g/mol. The Morgan fingerprint density at radius 3 is 2.64 bits per heavy atom. The van der Waals surface area contributed by atoms with Gasteiger partial charge in [-0.05, 0) is 17.3 Å². The van der Waals surface area contributed by atoms with Gasteiger partial charge in [0.25, 0.3) is 5.91 Å². The quantitative estimate of drug-likeness (QED) is 0.722. The molecule has 0 aliphatic carbocycles. The lowest BCUT2D eigenvalue weighted by atomic mass is 10.0. The molecule has 0 saturated heterocycles. The fourth-order valence-corrected chi connectivity index (χ4v) is 2.19. The lowest BCUT2D eigenvalue weighted by Crippen LogP contribution is -2.11. The van der Waals surface area contributed by atoms with E-state index in [1.54, 1.807) is 0 Å². The second kappa shape index (κ2) is 3.10. The Bertz CT molecular complexity index is 265. The van der Waals surface area contributed by atoms with Gasteiger partial charge in [0.15, 0.2) is 0 Å². The zero-order valence-corrected chi connectivity index (χ0v) is 7.72. The van der Waals surface area contributed by atoms with Crippen molar-refractivity contribution in [2.75, 3.05) is 0 Å². The Kier molecular flexibility index (Phi) is 2.35. The Morgan fingerprint density at radius 2 is 2.27 bits per heavy atom. The summed E-state index contributed by atoms with van der Waals surface area (Å²) in [5, 5.41) is 0.806. The van der Waals surface area contributed by atoms with Crippen LogP contribution >= 0.6 is 8.19 Å². The first-order valence-corrected chi connectivity index (χ1v) is 4.67. The van der Waals surface area contributed by atoms with Crippen LogP contribution in [0.15, 0.2) is 11.9 Å². The predicted molar refractivity (Wildman–Crippen MR) is 48.5 cm³/mol. The molecule has 1 heterocycles. The normalized spacial score (nSPS) is 11.2. The van der Waals surface area contributed by atoms with E-state index >= 15 is 0 Å². The molecule has 0 radical (unpaired) electrons. The molecule has 2 nitrogen and oxygen atoms in total. The van der Waals surface area contributed by atoms with Gasteiger partial charge >= 0.3 is 0 Å². The van der Waals surface area contributed by atoms with E-state index in [4.69, 9.17) is 5.73 Å². The SMILES string of the molecule is CC(C)c1cc[pH]c1C(N)=O. The van der Waals surface area contributed by atoms with E-state index in [0.29, 0.717) is 14.1 Å². The number of nitrogens with two attached hydrogens (primary N) is 1. The molecule has 1 unspecified atom stereocenters. The highest BCUT2D eigenvalue weighted by Gasteiger charge is 2.10. The third-order valence-electron chi connectivity index (χ3n) is 1.65. The molecule has 60 valence electrons. The molecular weight excluding hydrogens is 157 g/mol. The predicted octanol–water partition coefficient (Wildman–Crippen LogP) is 1.94. The summed E-state index contributed by atoms with van der Waals surface area (Å²) in [6.07, 6.45) is 0. The van der Waals surface area contributed by atoms with Crippen LogP contribution in [0.4, 0.5) is 0 Å². The maximum absolute atomic E-state index is 10.8. The van der Waals surface area contributed by atoms with E-state index in [2.05, 4.69) is 13.8 Å². The van der Waals surface area contributed by atoms with E-state index < -0.39 is 0 Å². The van der Waals surface area contributed by atoms with Gasteiger partial charge < -0.3 is 5.73 Å². The second-order valence-corrected chi connectivity index (χ2v) is 3.95. The summed E-state index contributed by atoms with van der Waals surface area (Å²) in [6, 6.07) is 2.00. The molecule has 0 aliphatic heterocycles. The Labute approximate surface area is 67.9 Å². The number of amides is 1. The van der Waals surface area contributed by atoms with Gasteiger partial charge in [-0.3, -0.25) is 4.79 Å². The highest BCUT2D eigenvalue weighted by molar-refractivity contribution is 7.32. The third kappa shape index (κ3) is 1.63. The number of primary amides is 1. The van der Waals surface area contributed by atoms with Crippen molar-refractivity contribution in [3.8, 4) is 0 Å². The van der Waals surface area contributed by atoms with Crippen molar-refractivity contribution in [3.05, 3.63) is 22.7 Å². The molecule has 2 N–H and O–H groups in total. The standard InChI is InChI=1S/C8H12NOP/c1-5(2)6-3-4-11-7(6)8(9)10/h3-5,11H,1-2H3,(H2,9,10). The summed E-state index contributed by atoms with van der Waals surface area (Å²) in [6.45, 7) is 4.14. The summed E-state index contributed by atoms with van der Waals surface area (Å²) in [5.74, 6) is 2.15. The van der Waals surface area contributed by atoms with E-state index in [1.807, 2.05) is 11.9 Å². The third-order valence-corrected chi connectivity index (χ3v) is 2.80. The Morgan fingerprint density at radius 1 is 1.64 bits per heavy atom. The minimum absolute atomic E-state index is 0.267. The number of carbonyl (C=O) groups excluding carboxylic acids is 1. The van der Waals surface area contributed by atoms with Crippen molar-refractivity contribution in [1.29, 1.82) is 0 Å². The molecule has 0 aliphatic rings. The molecule has 0 aromatic carbocycles. The second-order valence-electron chi connectivity index (χ2n) is 2.83. The van der Waals surface area contributed by atoms with Crippen LogP contribution in [-0.4, -0.2) is 5.91 Å². The van der Waals surface area contributed by atoms with Crippen LogP contribution in [0.25, 0.3) is 0 Å². The molecule has 11 heavy (non-hydrogen) atoms. The molecule has 1 amide bonds. The van der Waals surface area contributed by atoms with E-state index in [1.165, 1.54) is 0 Å². The molecule has 0 saturated carbocycles. The van der Waals surface area contributed by atoms with Crippen LogP contribution in [0.5, 0.6) is 0 Å². The van der Waals surface area contributed by atoms with Gasteiger partial charge in [0, 0.05) is 0 Å². The average Bonchev–Trinajstić information content (AvgIpc) is 2.32. The molecule has 0 fully saturated rings. The van der Waals surface area contributed by atoms with E-state index in [-0.39, 0.29) is 5.91 Å². The summed E-state index contributed by atoms with van der Waals surface area (Å²) >= 11 is 0. The minimum Gasteiger partial charge on any atom is -0.365 e. The number of carbonyl (C=O) groups is 1. The van der Waals surface area contributed by atoms with Crippen LogP contribution in [0.2, 0.25) is 0 Å². The Balaban J connectivity index is 3.06. The first-order valence-electron chi connectivity index (χ1n) is 3.60. The molecular formula is C8H12NOP. The molecule has 0 bridgehead atoms. The van der Waals surface area contributed by atoms with Gasteiger partial charge in [0.05, 0.1) is 5.30 Å². The zero-order chi connectivity index (χ0) is 8.43. The van der Waals surface area contributed by atoms with Crippen LogP contribution in [-0.2, 0) is 0 Å². The van der Waals surface area contributed by atoms with Gasteiger partial charge in [-0.2, -0.15) is 0 Å². The zero-order valence-electron chi connectivity index (χ0n) is 6.72. The van der Waals surface area contributed by atoms with Crippen molar-refractivity contribution in [2.24, 2.45) is 5.73 Å². The Hall–Kier alpha value is -0.750. The van der Waals surface area contributed by atoms with E-state index in [0.717, 1.165) is 10.9 Å². The molecule has 3 heteroatoms. The van der Waals surface area contributed by atoms with Crippen molar-refractivity contribution < 1.29 is 4.79 Å². The maximum atomic E-state index is 10.8. The van der Waals surface area contributed by atoms with Gasteiger partial charge in [0.2, 0.25) is 0 Å². The van der Waals surface area contributed by atoms with Crippen LogP contribution in [0, 0.1) is 0 Å². The number of hydrogen-bond donors (Lipinski definition) is 1. The molecule has 0 spiro atoms. The van der Waals surface area contributed by atoms with Gasteiger partial charge in [-0.15, -0.1) is 8.19 Å². The van der Waals surface area contributed by atoms with Gasteiger partial charge in [-0.1, -0.05) is 19.9 Å². The molecule has 1 rings (SSSR count). The topological polar surface area (TPSA) is 43.1 Å². The lowest BCUT2D eigenvalue weighted by molar-refractivity contribution is 0.100. The molecule has 1 atom stereocenters. The van der Waals surface area contributed by atoms with Crippen molar-refractivity contribution in [1.82, 2.24) is 0 Å². The van der Waals surface area contributed by atoms with Crippen LogP contribution in [0.1, 0.15) is 35.4 Å². The maximum Gasteiger partial charge on any atom is 0.252 e. The summed E-state index contributed by atoms with van der Waals surface area (Å²) in [5.41, 5.74) is 6.30. The summed E-state index contributed by atoms with van der Waals surface area (Å²) in [7, 11) is 0.478. The van der Waals surface area contributed by atoms with Crippen molar-refractivity contribution in [3.63, 3.8) is 0 Å². The van der Waals surface area contributed by atoms with Crippen molar-refractivity contribution in [2.45, 2.75) is 19.8 Å². The smallest absolute Gasteiger partial charge is 0.252 e. The van der Waals surface area contributed by atoms with Gasteiger partial charge in [0.1, 0.15) is 0 Å².